The number of anilines is 1. The molecular weight excluding hydrogens is 194 g/mol. The normalized spacial score (nSPS) is 27.8. The second-order valence-electron chi connectivity index (χ2n) is 4.44. The molecule has 2 heterocycles. The van der Waals surface area contributed by atoms with Gasteiger partial charge in [-0.2, -0.15) is 0 Å². The van der Waals surface area contributed by atoms with E-state index in [1.165, 1.54) is 0 Å². The third-order valence-electron chi connectivity index (χ3n) is 2.94. The summed E-state index contributed by atoms with van der Waals surface area (Å²) in [5, 5.41) is 21.4. The van der Waals surface area contributed by atoms with Gasteiger partial charge in [-0.1, -0.05) is 5.10 Å². The van der Waals surface area contributed by atoms with Crippen LogP contribution in [0.5, 0.6) is 0 Å². The van der Waals surface area contributed by atoms with Crippen molar-refractivity contribution < 1.29 is 5.11 Å². The number of hydrogen-bond donors (Lipinski definition) is 1. The highest BCUT2D eigenvalue weighted by Gasteiger charge is 2.26. The molecule has 1 aromatic rings. The van der Waals surface area contributed by atoms with Crippen molar-refractivity contribution in [2.75, 3.05) is 18.0 Å². The highest BCUT2D eigenvalue weighted by Crippen LogP contribution is 2.23. The molecular formula is C9H17N5O. The average molecular weight is 211 g/mol. The van der Waals surface area contributed by atoms with Crippen LogP contribution in [-0.2, 0) is 7.05 Å². The minimum atomic E-state index is -0.541. The Hall–Kier alpha value is -1.17. The molecule has 2 rings (SSSR count). The molecule has 0 spiro atoms. The van der Waals surface area contributed by atoms with E-state index in [1.54, 1.807) is 4.68 Å². The lowest BCUT2D eigenvalue weighted by molar-refractivity contribution is 0.0481. The first-order valence-electron chi connectivity index (χ1n) is 5.28. The van der Waals surface area contributed by atoms with E-state index in [4.69, 9.17) is 0 Å². The van der Waals surface area contributed by atoms with Gasteiger partial charge in [-0.25, -0.2) is 4.68 Å². The summed E-state index contributed by atoms with van der Waals surface area (Å²) in [5.41, 5.74) is -0.541. The Morgan fingerprint density at radius 3 is 2.80 bits per heavy atom. The predicted octanol–water partition coefficient (Wildman–Crippen LogP) is -0.0486. The van der Waals surface area contributed by atoms with Crippen LogP contribution in [0.1, 0.15) is 26.2 Å². The smallest absolute Gasteiger partial charge is 0.245 e. The maximum atomic E-state index is 9.95. The third-order valence-corrected chi connectivity index (χ3v) is 2.94. The van der Waals surface area contributed by atoms with E-state index in [1.807, 2.05) is 14.0 Å². The number of nitrogens with zero attached hydrogens (tertiary/aromatic N) is 5. The largest absolute Gasteiger partial charge is 0.390 e. The van der Waals surface area contributed by atoms with Gasteiger partial charge in [-0.05, 0) is 36.6 Å². The Labute approximate surface area is 88.9 Å². The van der Waals surface area contributed by atoms with Crippen molar-refractivity contribution in [3.8, 4) is 0 Å². The van der Waals surface area contributed by atoms with Crippen molar-refractivity contribution in [3.63, 3.8) is 0 Å². The molecule has 1 aromatic heterocycles. The van der Waals surface area contributed by atoms with Gasteiger partial charge < -0.3 is 10.0 Å². The standard InChI is InChI=1S/C9H17N5O/c1-9(15)4-3-6-14(7-5-9)8-10-11-12-13(8)2/h15H,3-7H2,1-2H3. The van der Waals surface area contributed by atoms with Crippen LogP contribution in [0.4, 0.5) is 5.95 Å². The Balaban J connectivity index is 2.09. The molecule has 0 aromatic carbocycles. The number of rotatable bonds is 1. The van der Waals surface area contributed by atoms with E-state index in [2.05, 4.69) is 20.4 Å². The molecule has 0 saturated carbocycles. The summed E-state index contributed by atoms with van der Waals surface area (Å²) in [6.07, 6.45) is 2.58. The Kier molecular flexibility index (Phi) is 2.60. The van der Waals surface area contributed by atoms with Gasteiger partial charge in [-0.15, -0.1) is 0 Å². The van der Waals surface area contributed by atoms with Crippen LogP contribution in [0, 0.1) is 0 Å². The van der Waals surface area contributed by atoms with Crippen LogP contribution in [-0.4, -0.2) is 44.0 Å². The number of aromatic nitrogens is 4. The van der Waals surface area contributed by atoms with Gasteiger partial charge >= 0.3 is 0 Å². The molecule has 1 N–H and O–H groups in total. The Bertz CT molecular complexity index is 335. The van der Waals surface area contributed by atoms with Crippen molar-refractivity contribution in [2.24, 2.45) is 7.05 Å². The third kappa shape index (κ3) is 2.26. The lowest BCUT2D eigenvalue weighted by Crippen LogP contribution is -2.30. The zero-order valence-electron chi connectivity index (χ0n) is 9.22. The van der Waals surface area contributed by atoms with Crippen LogP contribution in [0.25, 0.3) is 0 Å². The zero-order chi connectivity index (χ0) is 10.9. The SMILES string of the molecule is Cn1nnnc1N1CCCC(C)(O)CC1. The number of aryl methyl sites for hydroxylation is 1. The van der Waals surface area contributed by atoms with E-state index < -0.39 is 5.60 Å². The summed E-state index contributed by atoms with van der Waals surface area (Å²) in [5.74, 6) is 0.785. The molecule has 84 valence electrons. The quantitative estimate of drug-likeness (QED) is 0.705. The van der Waals surface area contributed by atoms with Gasteiger partial charge in [0.25, 0.3) is 0 Å². The van der Waals surface area contributed by atoms with Gasteiger partial charge in [-0.3, -0.25) is 0 Å². The summed E-state index contributed by atoms with van der Waals surface area (Å²) in [6, 6.07) is 0. The highest BCUT2D eigenvalue weighted by atomic mass is 16.3. The fourth-order valence-corrected chi connectivity index (χ4v) is 1.96. The fourth-order valence-electron chi connectivity index (χ4n) is 1.96. The molecule has 1 unspecified atom stereocenters. The molecule has 1 saturated heterocycles. The lowest BCUT2D eigenvalue weighted by atomic mass is 9.98. The highest BCUT2D eigenvalue weighted by molar-refractivity contribution is 5.27. The first-order chi connectivity index (χ1) is 7.08. The minimum Gasteiger partial charge on any atom is -0.390 e. The van der Waals surface area contributed by atoms with E-state index >= 15 is 0 Å². The summed E-state index contributed by atoms with van der Waals surface area (Å²) in [6.45, 7) is 3.61. The molecule has 1 aliphatic heterocycles. The van der Waals surface area contributed by atoms with Gasteiger partial charge in [0.2, 0.25) is 5.95 Å². The molecule has 15 heavy (non-hydrogen) atoms. The number of tetrazole rings is 1. The van der Waals surface area contributed by atoms with Crippen molar-refractivity contribution in [2.45, 2.75) is 31.8 Å². The molecule has 1 fully saturated rings. The first-order valence-corrected chi connectivity index (χ1v) is 5.28. The fraction of sp³-hybridized carbons (Fsp3) is 0.889. The van der Waals surface area contributed by atoms with Crippen LogP contribution in [0.2, 0.25) is 0 Å². The summed E-state index contributed by atoms with van der Waals surface area (Å²) < 4.78 is 1.67. The van der Waals surface area contributed by atoms with Crippen LogP contribution in [0.3, 0.4) is 0 Å². The van der Waals surface area contributed by atoms with Gasteiger partial charge in [0.05, 0.1) is 5.60 Å². The van der Waals surface area contributed by atoms with Crippen LogP contribution < -0.4 is 4.90 Å². The van der Waals surface area contributed by atoms with E-state index in [0.717, 1.165) is 38.3 Å². The maximum Gasteiger partial charge on any atom is 0.245 e. The molecule has 6 heteroatoms. The van der Waals surface area contributed by atoms with E-state index in [0.29, 0.717) is 0 Å². The maximum absolute atomic E-state index is 9.95. The molecule has 1 aliphatic rings. The summed E-state index contributed by atoms with van der Waals surface area (Å²) >= 11 is 0. The number of aliphatic hydroxyl groups is 1. The predicted molar refractivity (Wildman–Crippen MR) is 55.5 cm³/mol. The first kappa shape index (κ1) is 10.4. The average Bonchev–Trinajstić information content (AvgIpc) is 2.49. The zero-order valence-corrected chi connectivity index (χ0v) is 9.22. The minimum absolute atomic E-state index is 0.541. The Morgan fingerprint density at radius 1 is 1.33 bits per heavy atom. The van der Waals surface area contributed by atoms with Crippen LogP contribution >= 0.6 is 0 Å². The molecule has 0 amide bonds. The number of hydrogen-bond acceptors (Lipinski definition) is 5. The molecule has 6 nitrogen and oxygen atoms in total. The van der Waals surface area contributed by atoms with Crippen molar-refractivity contribution in [3.05, 3.63) is 0 Å². The molecule has 0 bridgehead atoms. The van der Waals surface area contributed by atoms with Crippen molar-refractivity contribution >= 4 is 5.95 Å². The second kappa shape index (κ2) is 3.77. The molecule has 0 radical (unpaired) electrons. The van der Waals surface area contributed by atoms with E-state index in [9.17, 15) is 5.11 Å². The Morgan fingerprint density at radius 2 is 2.13 bits per heavy atom. The lowest BCUT2D eigenvalue weighted by Gasteiger charge is -2.22. The topological polar surface area (TPSA) is 67.1 Å². The summed E-state index contributed by atoms with van der Waals surface area (Å²) in [4.78, 5) is 2.13. The molecule has 0 aliphatic carbocycles. The summed E-state index contributed by atoms with van der Waals surface area (Å²) in [7, 11) is 1.83. The van der Waals surface area contributed by atoms with Gasteiger partial charge in [0, 0.05) is 20.1 Å². The van der Waals surface area contributed by atoms with E-state index in [-0.39, 0.29) is 0 Å². The van der Waals surface area contributed by atoms with Gasteiger partial charge in [0.15, 0.2) is 0 Å². The monoisotopic (exact) mass is 211 g/mol. The van der Waals surface area contributed by atoms with Gasteiger partial charge in [0.1, 0.15) is 0 Å². The van der Waals surface area contributed by atoms with Crippen molar-refractivity contribution in [1.82, 2.24) is 20.2 Å². The van der Waals surface area contributed by atoms with Crippen LogP contribution in [0.15, 0.2) is 0 Å². The molecule has 1 atom stereocenters. The van der Waals surface area contributed by atoms with Crippen molar-refractivity contribution in [1.29, 1.82) is 0 Å². The second-order valence-corrected chi connectivity index (χ2v) is 4.44.